The number of nitrogens with one attached hydrogen (secondary N) is 2. The summed E-state index contributed by atoms with van der Waals surface area (Å²) in [5.41, 5.74) is 2.29. The number of rotatable bonds is 8. The van der Waals surface area contributed by atoms with E-state index >= 15 is 0 Å². The Kier molecular flexibility index (Phi) is 6.51. The van der Waals surface area contributed by atoms with Crippen LogP contribution in [0, 0.1) is 0 Å². The fourth-order valence-electron chi connectivity index (χ4n) is 2.62. The number of carbonyl (C=O) groups is 1. The molecule has 0 fully saturated rings. The van der Waals surface area contributed by atoms with Gasteiger partial charge >= 0.3 is 0 Å². The van der Waals surface area contributed by atoms with Crippen molar-refractivity contribution >= 4 is 27.3 Å². The Bertz CT molecular complexity index is 1070. The normalized spacial score (nSPS) is 10.9. The van der Waals surface area contributed by atoms with Gasteiger partial charge in [0.1, 0.15) is 12.4 Å². The fourth-order valence-corrected chi connectivity index (χ4v) is 3.26. The predicted molar refractivity (Wildman–Crippen MR) is 115 cm³/mol. The van der Waals surface area contributed by atoms with Gasteiger partial charge in [-0.3, -0.25) is 9.52 Å². The maximum absolute atomic E-state index is 12.7. The highest BCUT2D eigenvalue weighted by atomic mass is 32.2. The van der Waals surface area contributed by atoms with Crippen LogP contribution in [-0.2, 0) is 16.6 Å². The van der Waals surface area contributed by atoms with Gasteiger partial charge in [-0.1, -0.05) is 36.4 Å². The Balaban J connectivity index is 1.68. The number of para-hydroxylation sites is 1. The lowest BCUT2D eigenvalue weighted by Gasteiger charge is -2.12. The van der Waals surface area contributed by atoms with Crippen LogP contribution >= 0.6 is 0 Å². The molecule has 0 aliphatic carbocycles. The molecule has 3 aromatic carbocycles. The van der Waals surface area contributed by atoms with E-state index in [-0.39, 0.29) is 18.3 Å². The molecule has 0 aliphatic heterocycles. The molecule has 6 nitrogen and oxygen atoms in total. The lowest BCUT2D eigenvalue weighted by Crippen LogP contribution is -2.16. The van der Waals surface area contributed by atoms with Crippen LogP contribution in [0.4, 0.5) is 11.4 Å². The molecule has 0 atom stereocenters. The maximum Gasteiger partial charge on any atom is 0.256 e. The van der Waals surface area contributed by atoms with Crippen LogP contribution < -0.4 is 14.8 Å². The van der Waals surface area contributed by atoms with Crippen molar-refractivity contribution in [1.29, 1.82) is 0 Å². The first-order valence-corrected chi connectivity index (χ1v) is 10.8. The zero-order valence-corrected chi connectivity index (χ0v) is 16.8. The van der Waals surface area contributed by atoms with Gasteiger partial charge in [0.25, 0.3) is 5.91 Å². The molecule has 0 aromatic heterocycles. The third kappa shape index (κ3) is 5.83. The fraction of sp³-hybridized carbons (Fsp3) is 0.136. The van der Waals surface area contributed by atoms with Gasteiger partial charge in [-0.25, -0.2) is 8.42 Å². The molecule has 7 heteroatoms. The molecule has 1 amide bonds. The van der Waals surface area contributed by atoms with E-state index in [1.165, 1.54) is 0 Å². The van der Waals surface area contributed by atoms with Crippen molar-refractivity contribution in [3.63, 3.8) is 0 Å². The van der Waals surface area contributed by atoms with Crippen LogP contribution in [0.25, 0.3) is 0 Å². The monoisotopic (exact) mass is 410 g/mol. The first-order valence-electron chi connectivity index (χ1n) is 9.14. The second-order valence-corrected chi connectivity index (χ2v) is 8.31. The summed E-state index contributed by atoms with van der Waals surface area (Å²) in [5.74, 6) is 0.458. The molecular weight excluding hydrogens is 388 g/mol. The first-order chi connectivity index (χ1) is 14.0. The molecule has 0 saturated heterocycles. The van der Waals surface area contributed by atoms with E-state index in [0.29, 0.717) is 16.9 Å². The quantitative estimate of drug-likeness (QED) is 0.581. The third-order valence-corrected chi connectivity index (χ3v) is 5.50. The molecule has 0 unspecified atom stereocenters. The number of hydrogen-bond acceptors (Lipinski definition) is 4. The second kappa shape index (κ2) is 9.25. The Morgan fingerprint density at radius 3 is 2.17 bits per heavy atom. The van der Waals surface area contributed by atoms with Gasteiger partial charge in [0.15, 0.2) is 0 Å². The lowest BCUT2D eigenvalue weighted by molar-refractivity contribution is 0.102. The zero-order valence-electron chi connectivity index (χ0n) is 16.0. The molecule has 2 N–H and O–H groups in total. The van der Waals surface area contributed by atoms with E-state index in [1.54, 1.807) is 43.3 Å². The summed E-state index contributed by atoms with van der Waals surface area (Å²) in [6.45, 7) is 1.83. The van der Waals surface area contributed by atoms with Crippen molar-refractivity contribution < 1.29 is 17.9 Å². The van der Waals surface area contributed by atoms with E-state index in [2.05, 4.69) is 10.0 Å². The number of ether oxygens (including phenoxy) is 1. The second-order valence-electron chi connectivity index (χ2n) is 6.30. The van der Waals surface area contributed by atoms with Gasteiger partial charge in [-0.2, -0.15) is 0 Å². The first kappa shape index (κ1) is 20.4. The standard InChI is InChI=1S/C22H22N2O4S/c1-2-29(26,27)24-19-14-12-18(13-15-19)23-22(25)21-11-7-6-8-17(21)16-28-20-9-4-3-5-10-20/h3-15,24H,2,16H2,1H3,(H,23,25). The van der Waals surface area contributed by atoms with Gasteiger partial charge < -0.3 is 10.1 Å². The van der Waals surface area contributed by atoms with E-state index in [4.69, 9.17) is 4.74 Å². The SMILES string of the molecule is CCS(=O)(=O)Nc1ccc(NC(=O)c2ccccc2COc2ccccc2)cc1. The van der Waals surface area contributed by atoms with Crippen LogP contribution in [0.15, 0.2) is 78.9 Å². The lowest BCUT2D eigenvalue weighted by atomic mass is 10.1. The number of anilines is 2. The highest BCUT2D eigenvalue weighted by molar-refractivity contribution is 7.92. The summed E-state index contributed by atoms with van der Waals surface area (Å²) in [7, 11) is -3.34. The Morgan fingerprint density at radius 2 is 1.48 bits per heavy atom. The van der Waals surface area contributed by atoms with Crippen molar-refractivity contribution in [1.82, 2.24) is 0 Å². The van der Waals surface area contributed by atoms with Crippen molar-refractivity contribution in [3.05, 3.63) is 90.0 Å². The van der Waals surface area contributed by atoms with Crippen molar-refractivity contribution in [2.45, 2.75) is 13.5 Å². The molecule has 29 heavy (non-hydrogen) atoms. The van der Waals surface area contributed by atoms with Crippen molar-refractivity contribution in [2.24, 2.45) is 0 Å². The Hall–Kier alpha value is -3.32. The summed E-state index contributed by atoms with van der Waals surface area (Å²) in [4.78, 5) is 12.7. The minimum Gasteiger partial charge on any atom is -0.489 e. The summed E-state index contributed by atoms with van der Waals surface area (Å²) < 4.78 is 31.5. The van der Waals surface area contributed by atoms with Gasteiger partial charge in [-0.05, 0) is 49.4 Å². The summed E-state index contributed by atoms with van der Waals surface area (Å²) in [6.07, 6.45) is 0. The zero-order chi connectivity index (χ0) is 20.7. The van der Waals surface area contributed by atoms with Crippen LogP contribution in [0.5, 0.6) is 5.75 Å². The third-order valence-electron chi connectivity index (χ3n) is 4.20. The number of amides is 1. The van der Waals surface area contributed by atoms with Crippen molar-refractivity contribution in [3.8, 4) is 5.75 Å². The molecule has 0 aliphatic rings. The highest BCUT2D eigenvalue weighted by Crippen LogP contribution is 2.18. The molecule has 3 aromatic rings. The molecule has 0 saturated carbocycles. The molecule has 0 spiro atoms. The molecule has 0 bridgehead atoms. The Morgan fingerprint density at radius 1 is 0.862 bits per heavy atom. The largest absolute Gasteiger partial charge is 0.489 e. The molecule has 150 valence electrons. The predicted octanol–water partition coefficient (Wildman–Crippen LogP) is 4.28. The van der Waals surface area contributed by atoms with E-state index in [1.807, 2.05) is 42.5 Å². The van der Waals surface area contributed by atoms with Gasteiger partial charge in [-0.15, -0.1) is 0 Å². The number of benzene rings is 3. The average Bonchev–Trinajstić information content (AvgIpc) is 2.74. The molecular formula is C22H22N2O4S. The summed E-state index contributed by atoms with van der Waals surface area (Å²) in [5, 5.41) is 2.83. The van der Waals surface area contributed by atoms with Gasteiger partial charge in [0, 0.05) is 22.5 Å². The van der Waals surface area contributed by atoms with Crippen LogP contribution in [0.2, 0.25) is 0 Å². The van der Waals surface area contributed by atoms with E-state index in [0.717, 1.165) is 11.3 Å². The average molecular weight is 410 g/mol. The molecule has 0 radical (unpaired) electrons. The van der Waals surface area contributed by atoms with Gasteiger partial charge in [0.2, 0.25) is 10.0 Å². The van der Waals surface area contributed by atoms with Crippen LogP contribution in [-0.4, -0.2) is 20.1 Å². The minimum atomic E-state index is -3.34. The van der Waals surface area contributed by atoms with E-state index < -0.39 is 10.0 Å². The summed E-state index contributed by atoms with van der Waals surface area (Å²) in [6, 6.07) is 23.1. The van der Waals surface area contributed by atoms with Crippen LogP contribution in [0.3, 0.4) is 0 Å². The summed E-state index contributed by atoms with van der Waals surface area (Å²) >= 11 is 0. The smallest absolute Gasteiger partial charge is 0.256 e. The maximum atomic E-state index is 12.7. The van der Waals surface area contributed by atoms with E-state index in [9.17, 15) is 13.2 Å². The number of sulfonamides is 1. The topological polar surface area (TPSA) is 84.5 Å². The molecule has 0 heterocycles. The van der Waals surface area contributed by atoms with Crippen molar-refractivity contribution in [2.75, 3.05) is 15.8 Å². The number of hydrogen-bond donors (Lipinski definition) is 2. The Labute approximate surface area is 170 Å². The van der Waals surface area contributed by atoms with Crippen LogP contribution in [0.1, 0.15) is 22.8 Å². The number of carbonyl (C=O) groups excluding carboxylic acids is 1. The van der Waals surface area contributed by atoms with Gasteiger partial charge in [0.05, 0.1) is 5.75 Å². The molecule has 3 rings (SSSR count). The highest BCUT2D eigenvalue weighted by Gasteiger charge is 2.12. The minimum absolute atomic E-state index is 0.00662.